The molecule has 16 heavy (non-hydrogen) atoms. The first-order valence-electron chi connectivity index (χ1n) is 5.26. The van der Waals surface area contributed by atoms with Crippen molar-refractivity contribution in [3.8, 4) is 0 Å². The third-order valence-electron chi connectivity index (χ3n) is 2.87. The van der Waals surface area contributed by atoms with Crippen molar-refractivity contribution in [2.24, 2.45) is 0 Å². The van der Waals surface area contributed by atoms with Crippen molar-refractivity contribution < 1.29 is 0 Å². The van der Waals surface area contributed by atoms with E-state index in [2.05, 4.69) is 34.1 Å². The quantitative estimate of drug-likeness (QED) is 0.772. The van der Waals surface area contributed by atoms with E-state index < -0.39 is 0 Å². The molecule has 2 heterocycles. The molecule has 1 aromatic heterocycles. The van der Waals surface area contributed by atoms with Crippen LogP contribution in [0.15, 0.2) is 29.6 Å². The molecule has 0 aliphatic carbocycles. The molecule has 0 atom stereocenters. The largest absolute Gasteiger partial charge is 0.343 e. The molecule has 0 saturated heterocycles. The molecule has 0 fully saturated rings. The zero-order valence-electron chi connectivity index (χ0n) is 8.69. The van der Waals surface area contributed by atoms with Crippen molar-refractivity contribution >= 4 is 28.1 Å². The molecule has 4 heteroatoms. The Balaban J connectivity index is 1.88. The van der Waals surface area contributed by atoms with Crippen molar-refractivity contribution in [3.05, 3.63) is 45.9 Å². The highest BCUT2D eigenvalue weighted by molar-refractivity contribution is 7.14. The fourth-order valence-electron chi connectivity index (χ4n) is 2.05. The number of fused-ring (bicyclic) bond motifs is 1. The fraction of sp³-hybridized carbons (Fsp3) is 0.250. The topological polar surface area (TPSA) is 16.1 Å². The van der Waals surface area contributed by atoms with Gasteiger partial charge in [0.25, 0.3) is 0 Å². The maximum Gasteiger partial charge on any atom is 0.187 e. The summed E-state index contributed by atoms with van der Waals surface area (Å²) < 4.78 is 0. The van der Waals surface area contributed by atoms with Gasteiger partial charge in [-0.15, -0.1) is 11.3 Å². The van der Waals surface area contributed by atoms with Crippen molar-refractivity contribution in [2.75, 3.05) is 11.4 Å². The lowest BCUT2D eigenvalue weighted by Gasteiger charge is -2.28. The maximum atomic E-state index is 5.85. The molecule has 1 aliphatic rings. The Morgan fingerprint density at radius 2 is 2.06 bits per heavy atom. The van der Waals surface area contributed by atoms with E-state index in [0.29, 0.717) is 5.15 Å². The number of anilines is 1. The van der Waals surface area contributed by atoms with Gasteiger partial charge in [0, 0.05) is 18.5 Å². The third-order valence-corrected chi connectivity index (χ3v) is 4.09. The summed E-state index contributed by atoms with van der Waals surface area (Å²) in [5.74, 6) is 0. The first-order valence-corrected chi connectivity index (χ1v) is 6.51. The van der Waals surface area contributed by atoms with Crippen LogP contribution in [-0.2, 0) is 13.0 Å². The van der Waals surface area contributed by atoms with E-state index >= 15 is 0 Å². The lowest BCUT2D eigenvalue weighted by Crippen LogP contribution is -2.30. The number of rotatable bonds is 1. The van der Waals surface area contributed by atoms with Crippen LogP contribution in [-0.4, -0.2) is 11.5 Å². The van der Waals surface area contributed by atoms with Gasteiger partial charge >= 0.3 is 0 Å². The van der Waals surface area contributed by atoms with Gasteiger partial charge in [-0.1, -0.05) is 35.9 Å². The summed E-state index contributed by atoms with van der Waals surface area (Å²) in [5, 5.41) is 3.51. The van der Waals surface area contributed by atoms with Crippen LogP contribution in [0.1, 0.15) is 11.1 Å². The highest BCUT2D eigenvalue weighted by Gasteiger charge is 2.17. The molecule has 0 spiro atoms. The van der Waals surface area contributed by atoms with Crippen molar-refractivity contribution in [1.82, 2.24) is 4.98 Å². The van der Waals surface area contributed by atoms with Crippen LogP contribution in [0.3, 0.4) is 0 Å². The smallest absolute Gasteiger partial charge is 0.187 e. The van der Waals surface area contributed by atoms with Crippen LogP contribution in [0.5, 0.6) is 0 Å². The predicted molar refractivity (Wildman–Crippen MR) is 68.3 cm³/mol. The van der Waals surface area contributed by atoms with E-state index in [9.17, 15) is 0 Å². The molecule has 2 nitrogen and oxygen atoms in total. The zero-order valence-corrected chi connectivity index (χ0v) is 10.3. The average Bonchev–Trinajstić information content (AvgIpc) is 2.75. The van der Waals surface area contributed by atoms with Crippen molar-refractivity contribution in [2.45, 2.75) is 13.0 Å². The molecule has 0 bridgehead atoms. The summed E-state index contributed by atoms with van der Waals surface area (Å²) in [7, 11) is 0. The third kappa shape index (κ3) is 1.81. The Morgan fingerprint density at radius 1 is 1.25 bits per heavy atom. The fourth-order valence-corrected chi connectivity index (χ4v) is 3.02. The highest BCUT2D eigenvalue weighted by Crippen LogP contribution is 2.28. The summed E-state index contributed by atoms with van der Waals surface area (Å²) >= 11 is 7.47. The molecule has 1 aromatic carbocycles. The summed E-state index contributed by atoms with van der Waals surface area (Å²) in [4.78, 5) is 6.61. The van der Waals surface area contributed by atoms with Gasteiger partial charge in [-0.2, -0.15) is 0 Å². The van der Waals surface area contributed by atoms with Crippen LogP contribution in [0, 0.1) is 0 Å². The molecule has 0 amide bonds. The van der Waals surface area contributed by atoms with Gasteiger partial charge in [0.1, 0.15) is 5.15 Å². The molecule has 82 valence electrons. The second-order valence-electron chi connectivity index (χ2n) is 3.89. The SMILES string of the molecule is Clc1csc(N2CCc3ccccc3C2)n1. The van der Waals surface area contributed by atoms with E-state index in [1.165, 1.54) is 11.1 Å². The zero-order chi connectivity index (χ0) is 11.0. The molecule has 0 saturated carbocycles. The van der Waals surface area contributed by atoms with Crippen LogP contribution in [0.4, 0.5) is 5.13 Å². The van der Waals surface area contributed by atoms with Gasteiger partial charge in [0.15, 0.2) is 5.13 Å². The summed E-state index contributed by atoms with van der Waals surface area (Å²) in [6.07, 6.45) is 1.09. The minimum Gasteiger partial charge on any atom is -0.343 e. The average molecular weight is 251 g/mol. The number of nitrogens with zero attached hydrogens (tertiary/aromatic N) is 2. The second kappa shape index (κ2) is 4.07. The minimum absolute atomic E-state index is 0.596. The Labute approximate surface area is 104 Å². The number of hydrogen-bond acceptors (Lipinski definition) is 3. The molecule has 3 rings (SSSR count). The summed E-state index contributed by atoms with van der Waals surface area (Å²) in [6, 6.07) is 8.60. The second-order valence-corrected chi connectivity index (χ2v) is 5.12. The van der Waals surface area contributed by atoms with E-state index in [1.54, 1.807) is 11.3 Å². The Morgan fingerprint density at radius 3 is 2.81 bits per heavy atom. The number of aromatic nitrogens is 1. The van der Waals surface area contributed by atoms with Crippen molar-refractivity contribution in [1.29, 1.82) is 0 Å². The number of thiazole rings is 1. The van der Waals surface area contributed by atoms with Crippen LogP contribution < -0.4 is 4.90 Å². The Hall–Kier alpha value is -1.06. The Kier molecular flexibility index (Phi) is 2.58. The van der Waals surface area contributed by atoms with Crippen LogP contribution >= 0.6 is 22.9 Å². The predicted octanol–water partition coefficient (Wildman–Crippen LogP) is 3.36. The van der Waals surface area contributed by atoms with Gasteiger partial charge in [-0.25, -0.2) is 4.98 Å². The highest BCUT2D eigenvalue weighted by atomic mass is 35.5. The molecule has 2 aromatic rings. The molecule has 0 N–H and O–H groups in total. The van der Waals surface area contributed by atoms with Gasteiger partial charge in [-0.3, -0.25) is 0 Å². The Bertz CT molecular complexity index is 509. The van der Waals surface area contributed by atoms with E-state index in [-0.39, 0.29) is 0 Å². The standard InChI is InChI=1S/C12H11ClN2S/c13-11-8-16-12(14-11)15-6-5-9-3-1-2-4-10(9)7-15/h1-4,8H,5-7H2. The number of hydrogen-bond donors (Lipinski definition) is 0. The van der Waals surface area contributed by atoms with E-state index in [1.807, 2.05) is 5.38 Å². The van der Waals surface area contributed by atoms with Crippen molar-refractivity contribution in [3.63, 3.8) is 0 Å². The first-order chi connectivity index (χ1) is 7.83. The van der Waals surface area contributed by atoms with Gasteiger partial charge in [0.2, 0.25) is 0 Å². The minimum atomic E-state index is 0.596. The van der Waals surface area contributed by atoms with Gasteiger partial charge in [-0.05, 0) is 17.5 Å². The molecule has 0 unspecified atom stereocenters. The summed E-state index contributed by atoms with van der Waals surface area (Å²) in [6.45, 7) is 1.97. The monoisotopic (exact) mass is 250 g/mol. The van der Waals surface area contributed by atoms with Crippen LogP contribution in [0.2, 0.25) is 5.15 Å². The molecular formula is C12H11ClN2S. The normalized spacial score (nSPS) is 14.9. The number of benzene rings is 1. The molecule has 0 radical (unpaired) electrons. The van der Waals surface area contributed by atoms with Gasteiger partial charge < -0.3 is 4.90 Å². The summed E-state index contributed by atoms with van der Waals surface area (Å²) in [5.41, 5.74) is 2.86. The number of halogens is 1. The molecular weight excluding hydrogens is 240 g/mol. The first kappa shape index (κ1) is 10.1. The lowest BCUT2D eigenvalue weighted by atomic mass is 10.0. The van der Waals surface area contributed by atoms with E-state index in [4.69, 9.17) is 11.6 Å². The lowest BCUT2D eigenvalue weighted by molar-refractivity contribution is 0.729. The van der Waals surface area contributed by atoms with E-state index in [0.717, 1.165) is 24.6 Å². The molecule has 1 aliphatic heterocycles. The maximum absolute atomic E-state index is 5.85. The van der Waals surface area contributed by atoms with Crippen LogP contribution in [0.25, 0.3) is 0 Å². The van der Waals surface area contributed by atoms with Gasteiger partial charge in [0.05, 0.1) is 0 Å².